The molecule has 1 heterocycles. The van der Waals surface area contributed by atoms with Crippen LogP contribution >= 0.6 is 11.6 Å². The molecule has 0 radical (unpaired) electrons. The van der Waals surface area contributed by atoms with E-state index in [-0.39, 0.29) is 0 Å². The first-order valence-corrected chi connectivity index (χ1v) is 7.56. The summed E-state index contributed by atoms with van der Waals surface area (Å²) >= 11 is 5.79. The van der Waals surface area contributed by atoms with Crippen LogP contribution < -0.4 is 4.74 Å². The van der Waals surface area contributed by atoms with Crippen LogP contribution in [-0.2, 0) is 9.47 Å². The summed E-state index contributed by atoms with van der Waals surface area (Å²) in [7, 11) is 0. The average Bonchev–Trinajstić information content (AvgIpc) is 2.50. The van der Waals surface area contributed by atoms with E-state index in [0.717, 1.165) is 32.1 Å². The van der Waals surface area contributed by atoms with Crippen molar-refractivity contribution in [2.45, 2.75) is 6.10 Å². The van der Waals surface area contributed by atoms with Crippen molar-refractivity contribution in [1.82, 2.24) is 4.90 Å². The van der Waals surface area contributed by atoms with Gasteiger partial charge in [-0.15, -0.1) is 0 Å². The number of hydrogen-bond acceptors (Lipinski definition) is 5. The van der Waals surface area contributed by atoms with Crippen molar-refractivity contribution >= 4 is 11.6 Å². The second kappa shape index (κ2) is 9.23. The van der Waals surface area contributed by atoms with Gasteiger partial charge in [-0.25, -0.2) is 0 Å². The van der Waals surface area contributed by atoms with Crippen LogP contribution in [-0.4, -0.2) is 68.8 Å². The van der Waals surface area contributed by atoms with Gasteiger partial charge >= 0.3 is 0 Å². The summed E-state index contributed by atoms with van der Waals surface area (Å²) in [4.78, 5) is 2.18. The summed E-state index contributed by atoms with van der Waals surface area (Å²) in [6.07, 6.45) is -0.473. The van der Waals surface area contributed by atoms with E-state index < -0.39 is 6.10 Å². The van der Waals surface area contributed by atoms with Crippen LogP contribution in [0.1, 0.15) is 0 Å². The average molecular weight is 316 g/mol. The third-order valence-electron chi connectivity index (χ3n) is 3.19. The molecular formula is C15H22ClNO4. The molecule has 5 nitrogen and oxygen atoms in total. The molecule has 118 valence electrons. The Labute approximate surface area is 130 Å². The molecule has 1 aromatic carbocycles. The Hall–Kier alpha value is -0.850. The fourth-order valence-corrected chi connectivity index (χ4v) is 2.23. The molecule has 21 heavy (non-hydrogen) atoms. The van der Waals surface area contributed by atoms with Gasteiger partial charge in [0.05, 0.1) is 32.5 Å². The number of aliphatic hydroxyl groups is 1. The molecule has 1 N–H and O–H groups in total. The highest BCUT2D eigenvalue weighted by Gasteiger charge is 2.14. The Morgan fingerprint density at radius 2 is 1.90 bits per heavy atom. The number of hydrogen-bond donors (Lipinski definition) is 1. The van der Waals surface area contributed by atoms with Gasteiger partial charge < -0.3 is 19.3 Å². The molecule has 1 saturated heterocycles. The van der Waals surface area contributed by atoms with Crippen molar-refractivity contribution in [2.75, 3.05) is 52.7 Å². The van der Waals surface area contributed by atoms with Crippen molar-refractivity contribution in [2.24, 2.45) is 0 Å². The third-order valence-corrected chi connectivity index (χ3v) is 3.44. The van der Waals surface area contributed by atoms with Crippen molar-refractivity contribution in [3.8, 4) is 5.75 Å². The first kappa shape index (κ1) is 16.5. The van der Waals surface area contributed by atoms with Gasteiger partial charge in [-0.1, -0.05) is 11.6 Å². The maximum atomic E-state index is 9.89. The van der Waals surface area contributed by atoms with Gasteiger partial charge in [0.1, 0.15) is 12.4 Å². The minimum absolute atomic E-state index is 0.321. The fourth-order valence-electron chi connectivity index (χ4n) is 2.10. The molecule has 0 saturated carbocycles. The van der Waals surface area contributed by atoms with Crippen molar-refractivity contribution in [1.29, 1.82) is 0 Å². The molecule has 0 spiro atoms. The molecule has 0 aliphatic carbocycles. The highest BCUT2D eigenvalue weighted by molar-refractivity contribution is 6.30. The number of halogens is 1. The Morgan fingerprint density at radius 1 is 1.19 bits per heavy atom. The molecule has 0 unspecified atom stereocenters. The minimum Gasteiger partial charge on any atom is -0.491 e. The van der Waals surface area contributed by atoms with E-state index in [4.69, 9.17) is 25.8 Å². The van der Waals surface area contributed by atoms with Crippen LogP contribution in [0.15, 0.2) is 24.3 Å². The van der Waals surface area contributed by atoms with Crippen molar-refractivity contribution in [3.63, 3.8) is 0 Å². The van der Waals surface area contributed by atoms with E-state index in [1.807, 2.05) is 12.1 Å². The number of ether oxygens (including phenoxy) is 3. The molecule has 6 heteroatoms. The van der Waals surface area contributed by atoms with Gasteiger partial charge in [0.2, 0.25) is 0 Å². The molecular weight excluding hydrogens is 294 g/mol. The largest absolute Gasteiger partial charge is 0.491 e. The fraction of sp³-hybridized carbons (Fsp3) is 0.600. The molecule has 0 bridgehead atoms. The Morgan fingerprint density at radius 3 is 2.62 bits per heavy atom. The van der Waals surface area contributed by atoms with E-state index in [0.29, 0.717) is 31.4 Å². The second-order valence-corrected chi connectivity index (χ2v) is 5.38. The molecule has 0 aromatic heterocycles. The lowest BCUT2D eigenvalue weighted by molar-refractivity contribution is -0.0178. The molecule has 1 fully saturated rings. The zero-order valence-electron chi connectivity index (χ0n) is 12.0. The molecule has 2 rings (SSSR count). The van der Waals surface area contributed by atoms with E-state index in [2.05, 4.69) is 4.90 Å². The van der Waals surface area contributed by atoms with Gasteiger partial charge in [-0.2, -0.15) is 0 Å². The lowest BCUT2D eigenvalue weighted by Crippen LogP contribution is -2.42. The van der Waals surface area contributed by atoms with Crippen molar-refractivity contribution in [3.05, 3.63) is 29.3 Å². The van der Waals surface area contributed by atoms with Gasteiger partial charge in [-0.3, -0.25) is 4.90 Å². The number of benzene rings is 1. The number of rotatable bonds is 8. The van der Waals surface area contributed by atoms with Crippen LogP contribution in [0.2, 0.25) is 5.02 Å². The number of β-amino-alcohol motifs (C(OH)–C–C–N with tert-alkyl or cyclic N) is 1. The Balaban J connectivity index is 1.51. The summed E-state index contributed by atoms with van der Waals surface area (Å²) in [5.74, 6) is 0.761. The van der Waals surface area contributed by atoms with E-state index >= 15 is 0 Å². The smallest absolute Gasteiger partial charge is 0.119 e. The monoisotopic (exact) mass is 315 g/mol. The lowest BCUT2D eigenvalue weighted by atomic mass is 10.3. The first-order valence-electron chi connectivity index (χ1n) is 7.18. The van der Waals surface area contributed by atoms with Crippen LogP contribution in [0.3, 0.4) is 0 Å². The van der Waals surface area contributed by atoms with Gasteiger partial charge in [-0.05, 0) is 24.3 Å². The highest BCUT2D eigenvalue weighted by atomic mass is 35.5. The molecule has 1 aromatic rings. The first-order chi connectivity index (χ1) is 10.2. The zero-order valence-corrected chi connectivity index (χ0v) is 12.8. The Bertz CT molecular complexity index is 395. The zero-order chi connectivity index (χ0) is 14.9. The van der Waals surface area contributed by atoms with Crippen molar-refractivity contribution < 1.29 is 19.3 Å². The predicted octanol–water partition coefficient (Wildman–Crippen LogP) is 1.43. The predicted molar refractivity (Wildman–Crippen MR) is 81.0 cm³/mol. The quantitative estimate of drug-likeness (QED) is 0.736. The van der Waals surface area contributed by atoms with Crippen LogP contribution in [0.25, 0.3) is 0 Å². The van der Waals surface area contributed by atoms with E-state index in [1.54, 1.807) is 12.1 Å². The molecule has 0 amide bonds. The maximum Gasteiger partial charge on any atom is 0.119 e. The normalized spacial score (nSPS) is 17.6. The minimum atomic E-state index is -0.473. The summed E-state index contributed by atoms with van der Waals surface area (Å²) < 4.78 is 16.2. The van der Waals surface area contributed by atoms with E-state index in [9.17, 15) is 5.11 Å². The second-order valence-electron chi connectivity index (χ2n) is 4.94. The molecule has 1 atom stereocenters. The van der Waals surface area contributed by atoms with Gasteiger partial charge in [0.25, 0.3) is 0 Å². The van der Waals surface area contributed by atoms with Crippen LogP contribution in [0, 0.1) is 0 Å². The summed E-state index contributed by atoms with van der Waals surface area (Å²) in [6, 6.07) is 7.19. The topological polar surface area (TPSA) is 51.2 Å². The maximum absolute atomic E-state index is 9.89. The third kappa shape index (κ3) is 6.63. The summed E-state index contributed by atoms with van der Waals surface area (Å²) in [5.41, 5.74) is 0. The highest BCUT2D eigenvalue weighted by Crippen LogP contribution is 2.15. The summed E-state index contributed by atoms with van der Waals surface area (Å²) in [5, 5.41) is 10.6. The standard InChI is InChI=1S/C15H22ClNO4/c16-13-1-3-15(4-2-13)21-10-9-20-12-14(18)11-17-5-7-19-8-6-17/h1-4,14,18H,5-12H2/t14-/m1/s1. The number of morpholine rings is 1. The number of nitrogens with zero attached hydrogens (tertiary/aromatic N) is 1. The lowest BCUT2D eigenvalue weighted by Gasteiger charge is -2.28. The van der Waals surface area contributed by atoms with E-state index in [1.165, 1.54) is 0 Å². The molecule has 1 aliphatic heterocycles. The summed E-state index contributed by atoms with van der Waals surface area (Å²) in [6.45, 7) is 5.07. The van der Waals surface area contributed by atoms with Crippen LogP contribution in [0.4, 0.5) is 0 Å². The number of aliphatic hydroxyl groups excluding tert-OH is 1. The van der Waals surface area contributed by atoms with Crippen LogP contribution in [0.5, 0.6) is 5.75 Å². The molecule has 1 aliphatic rings. The van der Waals surface area contributed by atoms with Gasteiger partial charge in [0, 0.05) is 24.7 Å². The SMILES string of the molecule is O[C@@H](COCCOc1ccc(Cl)cc1)CN1CCOCC1. The van der Waals surface area contributed by atoms with Gasteiger partial charge in [0.15, 0.2) is 0 Å². The Kier molecular flexibility index (Phi) is 7.26.